The van der Waals surface area contributed by atoms with Crippen LogP contribution in [0.15, 0.2) is 85.1 Å². The number of hydrogen-bond donors (Lipinski definition) is 1. The van der Waals surface area contributed by atoms with E-state index in [2.05, 4.69) is 0 Å². The highest BCUT2D eigenvalue weighted by Gasteiger charge is 2.34. The normalized spacial score (nSPS) is 14.0. The van der Waals surface area contributed by atoms with Crippen molar-refractivity contribution in [3.63, 3.8) is 0 Å². The maximum absolute atomic E-state index is 13.2. The van der Waals surface area contributed by atoms with E-state index in [0.29, 0.717) is 42.6 Å². The summed E-state index contributed by atoms with van der Waals surface area (Å²) >= 11 is 0. The average molecular weight is 452 g/mol. The number of rotatable bonds is 8. The average Bonchev–Trinajstić information content (AvgIpc) is 3.35. The number of imide groups is 1. The molecule has 2 N–H and O–H groups in total. The standard InChI is InChI=1S/C28H25N3O3/c29-24(17-19-9-2-1-3-10-19)26(32)23-18-30(25-14-7-6-11-20(23)25)15-8-16-31-27(33)21-12-4-5-13-22(21)28(31)34/h1-7,9-14,18,24H,8,15-17,29H2. The molecule has 170 valence electrons. The van der Waals surface area contributed by atoms with Gasteiger partial charge in [0.2, 0.25) is 0 Å². The van der Waals surface area contributed by atoms with E-state index in [9.17, 15) is 14.4 Å². The van der Waals surface area contributed by atoms with Crippen molar-refractivity contribution >= 4 is 28.5 Å². The summed E-state index contributed by atoms with van der Waals surface area (Å²) in [5.41, 5.74) is 9.76. The summed E-state index contributed by atoms with van der Waals surface area (Å²) in [4.78, 5) is 39.8. The number of para-hydroxylation sites is 1. The number of ketones is 1. The number of fused-ring (bicyclic) bond motifs is 2. The number of nitrogens with two attached hydrogens (primary N) is 1. The van der Waals surface area contributed by atoms with Crippen molar-refractivity contribution in [3.8, 4) is 0 Å². The summed E-state index contributed by atoms with van der Waals surface area (Å²) in [6.45, 7) is 0.880. The third-order valence-electron chi connectivity index (χ3n) is 6.35. The molecule has 2 heterocycles. The lowest BCUT2D eigenvalue weighted by Crippen LogP contribution is -2.32. The maximum Gasteiger partial charge on any atom is 0.261 e. The highest BCUT2D eigenvalue weighted by atomic mass is 16.2. The van der Waals surface area contributed by atoms with Gasteiger partial charge in [-0.2, -0.15) is 0 Å². The number of nitrogens with zero attached hydrogens (tertiary/aromatic N) is 2. The highest BCUT2D eigenvalue weighted by molar-refractivity contribution is 6.21. The molecule has 1 aliphatic heterocycles. The first-order valence-corrected chi connectivity index (χ1v) is 11.4. The fourth-order valence-corrected chi connectivity index (χ4v) is 4.63. The molecule has 0 fully saturated rings. The van der Waals surface area contributed by atoms with Gasteiger partial charge >= 0.3 is 0 Å². The Hall–Kier alpha value is -4.03. The molecule has 3 aromatic carbocycles. The van der Waals surface area contributed by atoms with Crippen molar-refractivity contribution in [2.24, 2.45) is 5.73 Å². The molecule has 5 rings (SSSR count). The number of amides is 2. The predicted octanol–water partition coefficient (Wildman–Crippen LogP) is 4.08. The van der Waals surface area contributed by atoms with Crippen LogP contribution in [0.1, 0.15) is 43.1 Å². The number of benzene rings is 3. The number of hydrogen-bond acceptors (Lipinski definition) is 4. The molecule has 4 aromatic rings. The minimum atomic E-state index is -0.639. The molecule has 0 saturated heterocycles. The Kier molecular flexibility index (Phi) is 5.82. The zero-order chi connectivity index (χ0) is 23.7. The number of aryl methyl sites for hydroxylation is 1. The van der Waals surface area contributed by atoms with Crippen LogP contribution in [-0.4, -0.2) is 39.7 Å². The largest absolute Gasteiger partial charge is 0.347 e. The second-order valence-electron chi connectivity index (χ2n) is 8.57. The highest BCUT2D eigenvalue weighted by Crippen LogP contribution is 2.25. The fraction of sp³-hybridized carbons (Fsp3) is 0.179. The number of Topliss-reactive ketones (excluding diaryl/α,β-unsaturated/α-hetero) is 1. The van der Waals surface area contributed by atoms with E-state index >= 15 is 0 Å². The number of carbonyl (C=O) groups is 3. The van der Waals surface area contributed by atoms with Crippen LogP contribution in [0.4, 0.5) is 0 Å². The van der Waals surface area contributed by atoms with Gasteiger partial charge in [-0.3, -0.25) is 19.3 Å². The smallest absolute Gasteiger partial charge is 0.261 e. The predicted molar refractivity (Wildman–Crippen MR) is 131 cm³/mol. The van der Waals surface area contributed by atoms with Crippen molar-refractivity contribution in [3.05, 3.63) is 107 Å². The summed E-state index contributed by atoms with van der Waals surface area (Å²) < 4.78 is 2.01. The van der Waals surface area contributed by atoms with Gasteiger partial charge in [0, 0.05) is 35.8 Å². The zero-order valence-corrected chi connectivity index (χ0v) is 18.7. The van der Waals surface area contributed by atoms with Crippen LogP contribution < -0.4 is 5.73 Å². The van der Waals surface area contributed by atoms with Gasteiger partial charge in [0.05, 0.1) is 17.2 Å². The van der Waals surface area contributed by atoms with Gasteiger partial charge in [-0.25, -0.2) is 0 Å². The summed E-state index contributed by atoms with van der Waals surface area (Å²) in [5, 5.41) is 0.858. The van der Waals surface area contributed by atoms with Gasteiger partial charge in [-0.05, 0) is 36.6 Å². The summed E-state index contributed by atoms with van der Waals surface area (Å²) in [5.74, 6) is -0.597. The molecule has 0 bridgehead atoms. The minimum Gasteiger partial charge on any atom is -0.347 e. The first kappa shape index (κ1) is 21.8. The van der Waals surface area contributed by atoms with Gasteiger partial charge in [0.25, 0.3) is 11.8 Å². The molecule has 0 spiro atoms. The van der Waals surface area contributed by atoms with Crippen LogP contribution >= 0.6 is 0 Å². The fourth-order valence-electron chi connectivity index (χ4n) is 4.63. The Bertz CT molecular complexity index is 1360. The summed E-state index contributed by atoms with van der Waals surface area (Å²) in [6, 6.07) is 23.7. The molecule has 0 aliphatic carbocycles. The van der Waals surface area contributed by atoms with Gasteiger partial charge in [-0.15, -0.1) is 0 Å². The van der Waals surface area contributed by atoms with Crippen molar-refractivity contribution in [1.29, 1.82) is 0 Å². The molecule has 1 atom stereocenters. The monoisotopic (exact) mass is 451 g/mol. The van der Waals surface area contributed by atoms with Crippen LogP contribution in [0.5, 0.6) is 0 Å². The van der Waals surface area contributed by atoms with E-state index in [4.69, 9.17) is 5.73 Å². The molecule has 6 nitrogen and oxygen atoms in total. The lowest BCUT2D eigenvalue weighted by molar-refractivity contribution is 0.0650. The third kappa shape index (κ3) is 3.93. The maximum atomic E-state index is 13.2. The molecular formula is C28H25N3O3. The molecule has 1 aromatic heterocycles. The van der Waals surface area contributed by atoms with Gasteiger partial charge < -0.3 is 10.3 Å². The quantitative estimate of drug-likeness (QED) is 0.323. The Labute approximate surface area is 197 Å². The Morgan fingerprint density at radius 1 is 0.794 bits per heavy atom. The lowest BCUT2D eigenvalue weighted by Gasteiger charge is -2.14. The van der Waals surface area contributed by atoms with Crippen LogP contribution in [0.3, 0.4) is 0 Å². The van der Waals surface area contributed by atoms with E-state index in [1.54, 1.807) is 24.3 Å². The van der Waals surface area contributed by atoms with Gasteiger partial charge in [-0.1, -0.05) is 60.7 Å². The molecular weight excluding hydrogens is 426 g/mol. The first-order valence-electron chi connectivity index (χ1n) is 11.4. The Morgan fingerprint density at radius 3 is 2.12 bits per heavy atom. The number of aromatic nitrogens is 1. The third-order valence-corrected chi connectivity index (χ3v) is 6.35. The Balaban J connectivity index is 1.32. The number of carbonyl (C=O) groups excluding carboxylic acids is 3. The van der Waals surface area contributed by atoms with E-state index < -0.39 is 6.04 Å². The van der Waals surface area contributed by atoms with Crippen molar-refractivity contribution < 1.29 is 14.4 Å². The van der Waals surface area contributed by atoms with E-state index in [0.717, 1.165) is 16.5 Å². The molecule has 6 heteroatoms. The van der Waals surface area contributed by atoms with E-state index in [-0.39, 0.29) is 17.6 Å². The Morgan fingerprint density at radius 2 is 1.41 bits per heavy atom. The van der Waals surface area contributed by atoms with Crippen LogP contribution in [-0.2, 0) is 13.0 Å². The van der Waals surface area contributed by atoms with Crippen molar-refractivity contribution in [2.45, 2.75) is 25.4 Å². The van der Waals surface area contributed by atoms with Crippen molar-refractivity contribution in [2.75, 3.05) is 6.54 Å². The summed E-state index contributed by atoms with van der Waals surface area (Å²) in [6.07, 6.45) is 2.90. The molecule has 2 amide bonds. The molecule has 1 aliphatic rings. The lowest BCUT2D eigenvalue weighted by atomic mass is 9.98. The molecule has 0 saturated carbocycles. The zero-order valence-electron chi connectivity index (χ0n) is 18.7. The van der Waals surface area contributed by atoms with Gasteiger partial charge in [0.1, 0.15) is 0 Å². The molecule has 0 radical (unpaired) electrons. The second-order valence-corrected chi connectivity index (χ2v) is 8.57. The van der Waals surface area contributed by atoms with Crippen LogP contribution in [0, 0.1) is 0 Å². The van der Waals surface area contributed by atoms with Gasteiger partial charge in [0.15, 0.2) is 5.78 Å². The minimum absolute atomic E-state index is 0.0980. The second kappa shape index (κ2) is 9.08. The molecule has 1 unspecified atom stereocenters. The van der Waals surface area contributed by atoms with E-state index in [1.165, 1.54) is 4.90 Å². The SMILES string of the molecule is NC(Cc1ccccc1)C(=O)c1cn(CCCN2C(=O)c3ccccc3C2=O)c2ccccc12. The topological polar surface area (TPSA) is 85.4 Å². The summed E-state index contributed by atoms with van der Waals surface area (Å²) in [7, 11) is 0. The molecule has 34 heavy (non-hydrogen) atoms. The van der Waals surface area contributed by atoms with Crippen LogP contribution in [0.25, 0.3) is 10.9 Å². The van der Waals surface area contributed by atoms with Crippen molar-refractivity contribution in [1.82, 2.24) is 9.47 Å². The van der Waals surface area contributed by atoms with E-state index in [1.807, 2.05) is 65.4 Å². The van der Waals surface area contributed by atoms with Crippen LogP contribution in [0.2, 0.25) is 0 Å². The first-order chi connectivity index (χ1) is 16.5.